The topological polar surface area (TPSA) is 33.1 Å². The first kappa shape index (κ1) is 13.1. The Balaban J connectivity index is 1.91. The van der Waals surface area contributed by atoms with Gasteiger partial charge >= 0.3 is 0 Å². The van der Waals surface area contributed by atoms with E-state index in [1.165, 1.54) is 32.4 Å². The van der Waals surface area contributed by atoms with Crippen molar-refractivity contribution in [3.63, 3.8) is 0 Å². The predicted molar refractivity (Wildman–Crippen MR) is 75.8 cm³/mol. The molecular weight excluding hydrogens is 224 g/mol. The molecule has 2 rings (SSSR count). The summed E-state index contributed by atoms with van der Waals surface area (Å²) in [6.45, 7) is 10.3. The monoisotopic (exact) mass is 248 g/mol. The fourth-order valence-electron chi connectivity index (χ4n) is 2.55. The number of piperidine rings is 1. The van der Waals surface area contributed by atoms with E-state index < -0.39 is 0 Å². The van der Waals surface area contributed by atoms with Crippen LogP contribution in [-0.4, -0.2) is 40.1 Å². The highest BCUT2D eigenvalue weighted by Crippen LogP contribution is 2.14. The van der Waals surface area contributed by atoms with Gasteiger partial charge in [0.05, 0.1) is 0 Å². The van der Waals surface area contributed by atoms with Gasteiger partial charge in [-0.3, -0.25) is 4.90 Å². The number of aromatic nitrogens is 2. The van der Waals surface area contributed by atoms with E-state index >= 15 is 0 Å². The summed E-state index contributed by atoms with van der Waals surface area (Å²) in [5.74, 6) is 0.943. The molecule has 4 heteroatoms. The molecule has 0 bridgehead atoms. The Morgan fingerprint density at radius 2 is 2.22 bits per heavy atom. The van der Waals surface area contributed by atoms with Gasteiger partial charge in [-0.05, 0) is 32.9 Å². The second-order valence-electron chi connectivity index (χ2n) is 5.02. The number of nitrogens with one attached hydrogen (secondary N) is 1. The molecule has 0 saturated carbocycles. The Kier molecular flexibility index (Phi) is 4.81. The number of rotatable bonds is 6. The molecule has 2 heterocycles. The van der Waals surface area contributed by atoms with E-state index in [1.54, 1.807) is 0 Å². The quantitative estimate of drug-likeness (QED) is 0.785. The maximum absolute atomic E-state index is 4.34. The summed E-state index contributed by atoms with van der Waals surface area (Å²) in [5.41, 5.74) is 0. The van der Waals surface area contributed by atoms with Crippen LogP contribution in [0.15, 0.2) is 25.0 Å². The lowest BCUT2D eigenvalue weighted by molar-refractivity contribution is 0.160. The number of hydrogen-bond donors (Lipinski definition) is 1. The van der Waals surface area contributed by atoms with E-state index in [2.05, 4.69) is 33.3 Å². The molecule has 1 atom stereocenters. The lowest BCUT2D eigenvalue weighted by atomic mass is 10.1. The minimum atomic E-state index is 0.573. The van der Waals surface area contributed by atoms with E-state index in [9.17, 15) is 0 Å². The Labute approximate surface area is 110 Å². The molecule has 1 saturated heterocycles. The zero-order valence-electron chi connectivity index (χ0n) is 11.3. The first-order valence-electron chi connectivity index (χ1n) is 6.91. The Morgan fingerprint density at radius 1 is 1.44 bits per heavy atom. The maximum atomic E-state index is 4.34. The van der Waals surface area contributed by atoms with E-state index in [0.717, 1.165) is 19.0 Å². The van der Waals surface area contributed by atoms with Crippen LogP contribution in [0.3, 0.4) is 0 Å². The van der Waals surface area contributed by atoms with Crippen LogP contribution in [0.4, 0.5) is 5.95 Å². The molecule has 0 radical (unpaired) electrons. The standard InChI is InChI=1S/C14H24N4/c1-3-7-15-14-16-8-11-18(14)12-13(2)17-9-5-4-6-10-17/h3,8,11,13H,1,4-7,9-10,12H2,2H3,(H,15,16). The summed E-state index contributed by atoms with van der Waals surface area (Å²) in [6.07, 6.45) is 9.83. The summed E-state index contributed by atoms with van der Waals surface area (Å²) in [5, 5.41) is 3.27. The Hall–Kier alpha value is -1.29. The van der Waals surface area contributed by atoms with Crippen molar-refractivity contribution in [3.8, 4) is 0 Å². The van der Waals surface area contributed by atoms with Crippen molar-refractivity contribution >= 4 is 5.95 Å². The molecule has 0 aromatic carbocycles. The summed E-state index contributed by atoms with van der Waals surface area (Å²) in [6, 6.07) is 0.573. The molecule has 1 aromatic heterocycles. The zero-order chi connectivity index (χ0) is 12.8. The zero-order valence-corrected chi connectivity index (χ0v) is 11.3. The van der Waals surface area contributed by atoms with E-state index in [1.807, 2.05) is 18.5 Å². The number of imidazole rings is 1. The fraction of sp³-hybridized carbons (Fsp3) is 0.643. The van der Waals surface area contributed by atoms with Crippen LogP contribution in [0.25, 0.3) is 0 Å². The van der Waals surface area contributed by atoms with Gasteiger partial charge in [0.25, 0.3) is 0 Å². The van der Waals surface area contributed by atoms with Crippen molar-refractivity contribution in [2.75, 3.05) is 25.0 Å². The molecule has 1 aliphatic rings. The highest BCUT2D eigenvalue weighted by molar-refractivity contribution is 5.26. The smallest absolute Gasteiger partial charge is 0.203 e. The second-order valence-corrected chi connectivity index (χ2v) is 5.02. The van der Waals surface area contributed by atoms with Gasteiger partial charge < -0.3 is 9.88 Å². The fourth-order valence-corrected chi connectivity index (χ4v) is 2.55. The number of hydrogen-bond acceptors (Lipinski definition) is 3. The Bertz CT molecular complexity index is 366. The van der Waals surface area contributed by atoms with Gasteiger partial charge in [-0.25, -0.2) is 4.98 Å². The van der Waals surface area contributed by atoms with Crippen LogP contribution in [0.5, 0.6) is 0 Å². The third kappa shape index (κ3) is 3.35. The van der Waals surface area contributed by atoms with Gasteiger partial charge in [0.15, 0.2) is 0 Å². The molecule has 18 heavy (non-hydrogen) atoms. The van der Waals surface area contributed by atoms with Gasteiger partial charge in [0.1, 0.15) is 0 Å². The third-order valence-electron chi connectivity index (χ3n) is 3.59. The van der Waals surface area contributed by atoms with Crippen LogP contribution in [0.1, 0.15) is 26.2 Å². The minimum absolute atomic E-state index is 0.573. The highest BCUT2D eigenvalue weighted by atomic mass is 15.2. The lowest BCUT2D eigenvalue weighted by Gasteiger charge is -2.32. The van der Waals surface area contributed by atoms with E-state index in [-0.39, 0.29) is 0 Å². The van der Waals surface area contributed by atoms with Crippen molar-refractivity contribution in [1.82, 2.24) is 14.5 Å². The van der Waals surface area contributed by atoms with Crippen molar-refractivity contribution in [1.29, 1.82) is 0 Å². The molecule has 0 aliphatic carbocycles. The molecule has 0 spiro atoms. The van der Waals surface area contributed by atoms with Gasteiger partial charge in [0, 0.05) is 31.5 Å². The minimum Gasteiger partial charge on any atom is -0.352 e. The summed E-state index contributed by atoms with van der Waals surface area (Å²) < 4.78 is 2.20. The molecule has 1 N–H and O–H groups in total. The summed E-state index contributed by atoms with van der Waals surface area (Å²) in [4.78, 5) is 6.92. The van der Waals surface area contributed by atoms with Crippen LogP contribution in [0.2, 0.25) is 0 Å². The molecule has 100 valence electrons. The van der Waals surface area contributed by atoms with Crippen LogP contribution < -0.4 is 5.32 Å². The predicted octanol–water partition coefficient (Wildman–Crippen LogP) is 2.36. The van der Waals surface area contributed by atoms with Crippen LogP contribution in [0, 0.1) is 0 Å². The van der Waals surface area contributed by atoms with Crippen molar-refractivity contribution in [2.45, 2.75) is 38.8 Å². The molecule has 1 aliphatic heterocycles. The first-order valence-corrected chi connectivity index (χ1v) is 6.91. The van der Waals surface area contributed by atoms with Gasteiger partial charge in [-0.15, -0.1) is 6.58 Å². The van der Waals surface area contributed by atoms with Crippen LogP contribution in [-0.2, 0) is 6.54 Å². The third-order valence-corrected chi connectivity index (χ3v) is 3.59. The molecule has 1 unspecified atom stereocenters. The lowest BCUT2D eigenvalue weighted by Crippen LogP contribution is -2.39. The molecular formula is C14H24N4. The molecule has 1 fully saturated rings. The van der Waals surface area contributed by atoms with Crippen molar-refractivity contribution in [2.24, 2.45) is 0 Å². The SMILES string of the molecule is C=CCNc1nccn1CC(C)N1CCCCC1. The van der Waals surface area contributed by atoms with Crippen molar-refractivity contribution in [3.05, 3.63) is 25.0 Å². The number of nitrogens with zero attached hydrogens (tertiary/aromatic N) is 3. The molecule has 0 amide bonds. The normalized spacial score (nSPS) is 18.5. The number of anilines is 1. The van der Waals surface area contributed by atoms with E-state index in [0.29, 0.717) is 6.04 Å². The molecule has 4 nitrogen and oxygen atoms in total. The number of likely N-dealkylation sites (tertiary alicyclic amines) is 1. The maximum Gasteiger partial charge on any atom is 0.203 e. The highest BCUT2D eigenvalue weighted by Gasteiger charge is 2.17. The van der Waals surface area contributed by atoms with E-state index in [4.69, 9.17) is 0 Å². The van der Waals surface area contributed by atoms with Crippen LogP contribution >= 0.6 is 0 Å². The summed E-state index contributed by atoms with van der Waals surface area (Å²) in [7, 11) is 0. The van der Waals surface area contributed by atoms with Gasteiger partial charge in [-0.2, -0.15) is 0 Å². The first-order chi connectivity index (χ1) is 8.81. The largest absolute Gasteiger partial charge is 0.352 e. The average molecular weight is 248 g/mol. The average Bonchev–Trinajstić information content (AvgIpc) is 2.84. The van der Waals surface area contributed by atoms with Crippen molar-refractivity contribution < 1.29 is 0 Å². The Morgan fingerprint density at radius 3 is 2.94 bits per heavy atom. The summed E-state index contributed by atoms with van der Waals surface area (Å²) >= 11 is 0. The second kappa shape index (κ2) is 6.59. The van der Waals surface area contributed by atoms with Gasteiger partial charge in [-0.1, -0.05) is 12.5 Å². The molecule has 1 aromatic rings. The van der Waals surface area contributed by atoms with Gasteiger partial charge in [0.2, 0.25) is 5.95 Å².